The van der Waals surface area contributed by atoms with Crippen molar-refractivity contribution >= 4 is 37.2 Å². The van der Waals surface area contributed by atoms with Gasteiger partial charge in [-0.2, -0.15) is 0 Å². The molecule has 0 bridgehead atoms. The van der Waals surface area contributed by atoms with E-state index in [1.807, 2.05) is 0 Å². The summed E-state index contributed by atoms with van der Waals surface area (Å²) in [6.45, 7) is 6.27. The van der Waals surface area contributed by atoms with Crippen LogP contribution in [0.2, 0.25) is 0 Å². The van der Waals surface area contributed by atoms with Crippen molar-refractivity contribution in [2.75, 3.05) is 13.1 Å². The van der Waals surface area contributed by atoms with Gasteiger partial charge in [0.15, 0.2) is 0 Å². The van der Waals surface area contributed by atoms with Gasteiger partial charge in [-0.1, -0.05) is 13.8 Å². The Hall–Kier alpha value is 0.710. The average Bonchev–Trinajstić information content (AvgIpc) is 1.87. The maximum absolute atomic E-state index is 5.51. The third-order valence-corrected chi connectivity index (χ3v) is 1.44. The topological polar surface area (TPSA) is 90.3 Å². The third kappa shape index (κ3) is 15.2. The first-order chi connectivity index (χ1) is 4.72. The lowest BCUT2D eigenvalue weighted by Crippen LogP contribution is -2.49. The minimum absolute atomic E-state index is 0. The first-order valence-electron chi connectivity index (χ1n) is 3.97. The SMILES string of the molecule is CCCN(CCC)C(N)N.Cl.Cl.Cl.N. The normalized spacial score (nSPS) is 8.14. The second kappa shape index (κ2) is 19.3. The van der Waals surface area contributed by atoms with E-state index in [2.05, 4.69) is 18.7 Å². The van der Waals surface area contributed by atoms with E-state index in [1.54, 1.807) is 0 Å². The van der Waals surface area contributed by atoms with E-state index in [0.717, 1.165) is 25.9 Å². The van der Waals surface area contributed by atoms with Gasteiger partial charge < -0.3 is 17.6 Å². The number of halogens is 3. The molecule has 0 aromatic carbocycles. The van der Waals surface area contributed by atoms with Gasteiger partial charge in [0.05, 0.1) is 0 Å². The largest absolute Gasteiger partial charge is 0.344 e. The monoisotopic (exact) mass is 270 g/mol. The average molecular weight is 272 g/mol. The molecule has 7 heteroatoms. The quantitative estimate of drug-likeness (QED) is 0.664. The van der Waals surface area contributed by atoms with Crippen LogP contribution < -0.4 is 17.6 Å². The van der Waals surface area contributed by atoms with Gasteiger partial charge in [0.25, 0.3) is 0 Å². The van der Waals surface area contributed by atoms with Crippen LogP contribution in [0.1, 0.15) is 26.7 Å². The molecule has 0 aliphatic heterocycles. The Bertz CT molecular complexity index is 79.3. The molecular weight excluding hydrogens is 246 g/mol. The molecule has 0 aromatic rings. The molecule has 94 valence electrons. The molecule has 0 rings (SSSR count). The number of rotatable bonds is 5. The third-order valence-electron chi connectivity index (χ3n) is 1.44. The number of nitrogens with zero attached hydrogens (tertiary/aromatic N) is 1. The maximum Gasteiger partial charge on any atom is 0.109 e. The van der Waals surface area contributed by atoms with Crippen molar-refractivity contribution in [2.45, 2.75) is 33.0 Å². The molecule has 14 heavy (non-hydrogen) atoms. The molecular formula is C7H25Cl3N4. The lowest BCUT2D eigenvalue weighted by molar-refractivity contribution is 0.204. The summed E-state index contributed by atoms with van der Waals surface area (Å²) in [5.74, 6) is 0. The highest BCUT2D eigenvalue weighted by atomic mass is 35.5. The number of hydrogen-bond donors (Lipinski definition) is 3. The number of hydrogen-bond acceptors (Lipinski definition) is 4. The van der Waals surface area contributed by atoms with Gasteiger partial charge >= 0.3 is 0 Å². The van der Waals surface area contributed by atoms with Crippen molar-refractivity contribution in [1.29, 1.82) is 0 Å². The molecule has 0 heterocycles. The van der Waals surface area contributed by atoms with Crippen molar-refractivity contribution in [3.8, 4) is 0 Å². The second-order valence-corrected chi connectivity index (χ2v) is 2.53. The zero-order valence-electron chi connectivity index (χ0n) is 8.94. The van der Waals surface area contributed by atoms with Crippen molar-refractivity contribution in [2.24, 2.45) is 11.5 Å². The summed E-state index contributed by atoms with van der Waals surface area (Å²) in [4.78, 5) is 2.08. The summed E-state index contributed by atoms with van der Waals surface area (Å²) in [6.07, 6.45) is 1.95. The molecule has 0 aliphatic rings. The van der Waals surface area contributed by atoms with Crippen LogP contribution in [0.4, 0.5) is 0 Å². The Balaban J connectivity index is -0.0000000675. The van der Waals surface area contributed by atoms with Crippen LogP contribution in [-0.2, 0) is 0 Å². The molecule has 0 saturated heterocycles. The van der Waals surface area contributed by atoms with E-state index in [1.165, 1.54) is 0 Å². The molecule has 0 aliphatic carbocycles. The van der Waals surface area contributed by atoms with Gasteiger partial charge in [-0.05, 0) is 12.8 Å². The summed E-state index contributed by atoms with van der Waals surface area (Å²) in [6, 6.07) is 0. The lowest BCUT2D eigenvalue weighted by atomic mass is 10.3. The Morgan fingerprint density at radius 2 is 1.21 bits per heavy atom. The first kappa shape index (κ1) is 29.3. The molecule has 0 fully saturated rings. The number of nitrogens with two attached hydrogens (primary N) is 2. The van der Waals surface area contributed by atoms with E-state index in [9.17, 15) is 0 Å². The summed E-state index contributed by atoms with van der Waals surface area (Å²) in [7, 11) is 0. The van der Waals surface area contributed by atoms with Gasteiger partial charge in [-0.3, -0.25) is 4.90 Å². The van der Waals surface area contributed by atoms with Crippen LogP contribution >= 0.6 is 37.2 Å². The van der Waals surface area contributed by atoms with E-state index in [4.69, 9.17) is 11.5 Å². The molecule has 0 unspecified atom stereocenters. The molecule has 0 amide bonds. The van der Waals surface area contributed by atoms with Crippen LogP contribution in [0.15, 0.2) is 0 Å². The fourth-order valence-electron chi connectivity index (χ4n) is 0.984. The molecule has 0 saturated carbocycles. The predicted molar refractivity (Wildman–Crippen MR) is 71.1 cm³/mol. The van der Waals surface area contributed by atoms with Crippen molar-refractivity contribution in [1.82, 2.24) is 11.1 Å². The fraction of sp³-hybridized carbons (Fsp3) is 1.00. The summed E-state index contributed by atoms with van der Waals surface area (Å²) < 4.78 is 0. The molecule has 4 nitrogen and oxygen atoms in total. The van der Waals surface area contributed by atoms with Crippen LogP contribution in [0.5, 0.6) is 0 Å². The Labute approximate surface area is 106 Å². The zero-order chi connectivity index (χ0) is 7.98. The molecule has 7 N–H and O–H groups in total. The van der Waals surface area contributed by atoms with E-state index in [0.29, 0.717) is 0 Å². The molecule has 0 atom stereocenters. The van der Waals surface area contributed by atoms with Gasteiger partial charge in [-0.15, -0.1) is 37.2 Å². The molecule has 0 spiro atoms. The minimum Gasteiger partial charge on any atom is -0.344 e. The summed E-state index contributed by atoms with van der Waals surface area (Å²) in [5.41, 5.74) is 11.0. The highest BCUT2D eigenvalue weighted by molar-refractivity contribution is 5.86. The van der Waals surface area contributed by atoms with E-state index >= 15 is 0 Å². The van der Waals surface area contributed by atoms with Gasteiger partial charge in [0.1, 0.15) is 6.29 Å². The Morgan fingerprint density at radius 1 is 0.929 bits per heavy atom. The van der Waals surface area contributed by atoms with E-state index < -0.39 is 0 Å². The van der Waals surface area contributed by atoms with Crippen molar-refractivity contribution in [3.05, 3.63) is 0 Å². The zero-order valence-corrected chi connectivity index (χ0v) is 11.4. The fourth-order valence-corrected chi connectivity index (χ4v) is 0.984. The highest BCUT2D eigenvalue weighted by Crippen LogP contribution is 1.92. The lowest BCUT2D eigenvalue weighted by Gasteiger charge is -2.24. The maximum atomic E-state index is 5.51. The van der Waals surface area contributed by atoms with Gasteiger partial charge in [-0.25, -0.2) is 0 Å². The van der Waals surface area contributed by atoms with Gasteiger partial charge in [0.2, 0.25) is 0 Å². The highest BCUT2D eigenvalue weighted by Gasteiger charge is 2.05. The van der Waals surface area contributed by atoms with Crippen LogP contribution in [0.25, 0.3) is 0 Å². The molecule has 0 aromatic heterocycles. The Morgan fingerprint density at radius 3 is 1.36 bits per heavy atom. The van der Waals surface area contributed by atoms with E-state index in [-0.39, 0.29) is 49.7 Å². The van der Waals surface area contributed by atoms with Crippen molar-refractivity contribution < 1.29 is 0 Å². The smallest absolute Gasteiger partial charge is 0.109 e. The standard InChI is InChI=1S/C7H19N3.3ClH.H3N/c1-3-5-10(6-4-2)7(8)9;;;;/h7H,3-6,8-9H2,1-2H3;3*1H;1H3. The predicted octanol–water partition coefficient (Wildman–Crippen LogP) is 1.74. The van der Waals surface area contributed by atoms with Crippen LogP contribution in [0, 0.1) is 0 Å². The minimum atomic E-state index is -0.278. The second-order valence-electron chi connectivity index (χ2n) is 2.53. The molecule has 0 radical (unpaired) electrons. The summed E-state index contributed by atoms with van der Waals surface area (Å²) >= 11 is 0. The Kier molecular flexibility index (Phi) is 40.4. The van der Waals surface area contributed by atoms with Crippen LogP contribution in [-0.4, -0.2) is 24.3 Å². The van der Waals surface area contributed by atoms with Gasteiger partial charge in [0, 0.05) is 13.1 Å². The van der Waals surface area contributed by atoms with Crippen LogP contribution in [0.3, 0.4) is 0 Å². The summed E-state index contributed by atoms with van der Waals surface area (Å²) in [5, 5.41) is 0. The first-order valence-corrected chi connectivity index (χ1v) is 3.97. The van der Waals surface area contributed by atoms with Crippen molar-refractivity contribution in [3.63, 3.8) is 0 Å².